The van der Waals surface area contributed by atoms with Crippen LogP contribution >= 0.6 is 15.9 Å². The van der Waals surface area contributed by atoms with E-state index in [9.17, 15) is 4.79 Å². The van der Waals surface area contributed by atoms with E-state index in [0.29, 0.717) is 12.5 Å². The standard InChI is InChI=1S/C15H22BrN3O/c1-11(17)12-6-8-19(9-7-12)10-15(20)18-14-4-2-13(16)3-5-14/h2-5,11-12H,6-10,17H2,1H3,(H,18,20). The summed E-state index contributed by atoms with van der Waals surface area (Å²) in [5, 5.41) is 2.92. The van der Waals surface area contributed by atoms with Crippen molar-refractivity contribution in [1.82, 2.24) is 4.90 Å². The van der Waals surface area contributed by atoms with Crippen LogP contribution in [-0.2, 0) is 4.79 Å². The fraction of sp³-hybridized carbons (Fsp3) is 0.533. The van der Waals surface area contributed by atoms with Crippen LogP contribution in [0.1, 0.15) is 19.8 Å². The molecule has 0 spiro atoms. The molecule has 2 rings (SSSR count). The first-order valence-electron chi connectivity index (χ1n) is 7.08. The highest BCUT2D eigenvalue weighted by Gasteiger charge is 2.22. The summed E-state index contributed by atoms with van der Waals surface area (Å²) in [6, 6.07) is 7.89. The summed E-state index contributed by atoms with van der Waals surface area (Å²) in [7, 11) is 0. The number of nitrogens with one attached hydrogen (secondary N) is 1. The second kappa shape index (κ2) is 7.20. The zero-order valence-electron chi connectivity index (χ0n) is 11.8. The summed E-state index contributed by atoms with van der Waals surface area (Å²) >= 11 is 3.38. The highest BCUT2D eigenvalue weighted by molar-refractivity contribution is 9.10. The Kier molecular flexibility index (Phi) is 5.57. The molecule has 1 aromatic rings. The van der Waals surface area contributed by atoms with Crippen molar-refractivity contribution in [1.29, 1.82) is 0 Å². The predicted molar refractivity (Wildman–Crippen MR) is 85.6 cm³/mol. The van der Waals surface area contributed by atoms with Crippen LogP contribution in [0.3, 0.4) is 0 Å². The molecule has 4 nitrogen and oxygen atoms in total. The van der Waals surface area contributed by atoms with Gasteiger partial charge in [0.2, 0.25) is 5.91 Å². The molecule has 1 aliphatic rings. The third-order valence-electron chi connectivity index (χ3n) is 3.87. The molecule has 0 aromatic heterocycles. The van der Waals surface area contributed by atoms with E-state index in [4.69, 9.17) is 5.73 Å². The van der Waals surface area contributed by atoms with Crippen molar-refractivity contribution in [2.45, 2.75) is 25.8 Å². The van der Waals surface area contributed by atoms with Gasteiger partial charge in [0.15, 0.2) is 0 Å². The van der Waals surface area contributed by atoms with Gasteiger partial charge in [0.05, 0.1) is 6.54 Å². The summed E-state index contributed by atoms with van der Waals surface area (Å²) in [6.07, 6.45) is 2.17. The van der Waals surface area contributed by atoms with Crippen molar-refractivity contribution in [3.63, 3.8) is 0 Å². The Balaban J connectivity index is 1.77. The number of rotatable bonds is 4. The Labute approximate surface area is 128 Å². The minimum atomic E-state index is 0.0477. The number of piperidine rings is 1. The Bertz CT molecular complexity index is 439. The average Bonchev–Trinajstić information content (AvgIpc) is 2.42. The van der Waals surface area contributed by atoms with Crippen molar-refractivity contribution >= 4 is 27.5 Å². The van der Waals surface area contributed by atoms with Crippen LogP contribution in [-0.4, -0.2) is 36.5 Å². The van der Waals surface area contributed by atoms with Crippen molar-refractivity contribution < 1.29 is 4.79 Å². The van der Waals surface area contributed by atoms with E-state index in [-0.39, 0.29) is 11.9 Å². The molecule has 0 bridgehead atoms. The Morgan fingerprint density at radius 2 is 2.00 bits per heavy atom. The number of nitrogens with zero attached hydrogens (tertiary/aromatic N) is 1. The number of likely N-dealkylation sites (tertiary alicyclic amines) is 1. The lowest BCUT2D eigenvalue weighted by Crippen LogP contribution is -2.42. The van der Waals surface area contributed by atoms with Crippen molar-refractivity contribution in [3.05, 3.63) is 28.7 Å². The Morgan fingerprint density at radius 3 is 2.55 bits per heavy atom. The van der Waals surface area contributed by atoms with Gasteiger partial charge in [-0.1, -0.05) is 15.9 Å². The smallest absolute Gasteiger partial charge is 0.238 e. The lowest BCUT2D eigenvalue weighted by Gasteiger charge is -2.33. The van der Waals surface area contributed by atoms with E-state index in [1.54, 1.807) is 0 Å². The van der Waals surface area contributed by atoms with Crippen molar-refractivity contribution in [2.75, 3.05) is 25.0 Å². The number of benzene rings is 1. The molecule has 1 heterocycles. The zero-order valence-corrected chi connectivity index (χ0v) is 13.4. The lowest BCUT2D eigenvalue weighted by molar-refractivity contribution is -0.117. The van der Waals surface area contributed by atoms with Gasteiger partial charge in [0, 0.05) is 16.2 Å². The van der Waals surface area contributed by atoms with Crippen LogP contribution in [0.15, 0.2) is 28.7 Å². The number of halogens is 1. The maximum atomic E-state index is 12.0. The molecule has 0 radical (unpaired) electrons. The maximum absolute atomic E-state index is 12.0. The largest absolute Gasteiger partial charge is 0.328 e. The van der Waals surface area contributed by atoms with Crippen LogP contribution in [0.5, 0.6) is 0 Å². The molecule has 1 amide bonds. The monoisotopic (exact) mass is 339 g/mol. The number of hydrogen-bond acceptors (Lipinski definition) is 3. The van der Waals surface area contributed by atoms with Gasteiger partial charge in [0.25, 0.3) is 0 Å². The zero-order chi connectivity index (χ0) is 14.5. The average molecular weight is 340 g/mol. The molecule has 1 aromatic carbocycles. The molecule has 3 N–H and O–H groups in total. The molecule has 20 heavy (non-hydrogen) atoms. The van der Waals surface area contributed by atoms with Crippen molar-refractivity contribution in [2.24, 2.45) is 11.7 Å². The number of anilines is 1. The third kappa shape index (κ3) is 4.58. The summed E-state index contributed by atoms with van der Waals surface area (Å²) < 4.78 is 1.01. The molecule has 1 fully saturated rings. The maximum Gasteiger partial charge on any atom is 0.238 e. The number of hydrogen-bond donors (Lipinski definition) is 2. The van der Waals surface area contributed by atoms with Gasteiger partial charge in [-0.15, -0.1) is 0 Å². The minimum Gasteiger partial charge on any atom is -0.328 e. The van der Waals surface area contributed by atoms with Gasteiger partial charge < -0.3 is 11.1 Å². The second-order valence-electron chi connectivity index (χ2n) is 5.53. The molecular formula is C15H22BrN3O. The first-order chi connectivity index (χ1) is 9.54. The number of carbonyl (C=O) groups excluding carboxylic acids is 1. The predicted octanol–water partition coefficient (Wildman–Crippen LogP) is 2.45. The van der Waals surface area contributed by atoms with E-state index in [2.05, 4.69) is 33.1 Å². The highest BCUT2D eigenvalue weighted by Crippen LogP contribution is 2.19. The number of nitrogens with two attached hydrogens (primary N) is 1. The molecule has 1 unspecified atom stereocenters. The first kappa shape index (κ1) is 15.5. The SMILES string of the molecule is CC(N)C1CCN(CC(=O)Nc2ccc(Br)cc2)CC1. The van der Waals surface area contributed by atoms with Gasteiger partial charge in [0.1, 0.15) is 0 Å². The van der Waals surface area contributed by atoms with Gasteiger partial charge in [-0.2, -0.15) is 0 Å². The summed E-state index contributed by atoms with van der Waals surface area (Å²) in [6.45, 7) is 4.45. The van der Waals surface area contributed by atoms with Gasteiger partial charge in [-0.25, -0.2) is 0 Å². The quantitative estimate of drug-likeness (QED) is 0.885. The van der Waals surface area contributed by atoms with Crippen LogP contribution in [0, 0.1) is 5.92 Å². The summed E-state index contributed by atoms with van der Waals surface area (Å²) in [5.74, 6) is 0.646. The molecule has 110 valence electrons. The number of amides is 1. The molecule has 0 saturated carbocycles. The third-order valence-corrected chi connectivity index (χ3v) is 4.40. The fourth-order valence-corrected chi connectivity index (χ4v) is 2.84. The topological polar surface area (TPSA) is 58.4 Å². The first-order valence-corrected chi connectivity index (χ1v) is 7.87. The molecule has 1 atom stereocenters. The van der Waals surface area contributed by atoms with Crippen LogP contribution < -0.4 is 11.1 Å². The second-order valence-corrected chi connectivity index (χ2v) is 6.44. The van der Waals surface area contributed by atoms with Gasteiger partial charge in [-0.3, -0.25) is 9.69 Å². The van der Waals surface area contributed by atoms with Crippen LogP contribution in [0.2, 0.25) is 0 Å². The summed E-state index contributed by atoms with van der Waals surface area (Å²) in [5.41, 5.74) is 6.76. The van der Waals surface area contributed by atoms with Crippen LogP contribution in [0.25, 0.3) is 0 Å². The summed E-state index contributed by atoms with van der Waals surface area (Å²) in [4.78, 5) is 14.2. The van der Waals surface area contributed by atoms with Crippen molar-refractivity contribution in [3.8, 4) is 0 Å². The van der Waals surface area contributed by atoms with E-state index >= 15 is 0 Å². The lowest BCUT2D eigenvalue weighted by atomic mass is 9.91. The molecule has 1 saturated heterocycles. The fourth-order valence-electron chi connectivity index (χ4n) is 2.57. The van der Waals surface area contributed by atoms with E-state index in [1.807, 2.05) is 24.3 Å². The Hall–Kier alpha value is -0.910. The number of carbonyl (C=O) groups is 1. The van der Waals surface area contributed by atoms with E-state index < -0.39 is 0 Å². The minimum absolute atomic E-state index is 0.0477. The molecule has 1 aliphatic heterocycles. The van der Waals surface area contributed by atoms with E-state index in [0.717, 1.165) is 36.1 Å². The molecule has 5 heteroatoms. The van der Waals surface area contributed by atoms with Gasteiger partial charge in [-0.05, 0) is 63.0 Å². The normalized spacial score (nSPS) is 18.8. The molecule has 0 aliphatic carbocycles. The van der Waals surface area contributed by atoms with E-state index in [1.165, 1.54) is 0 Å². The van der Waals surface area contributed by atoms with Crippen LogP contribution in [0.4, 0.5) is 5.69 Å². The Morgan fingerprint density at radius 1 is 1.40 bits per heavy atom. The molecular weight excluding hydrogens is 318 g/mol. The van der Waals surface area contributed by atoms with Gasteiger partial charge >= 0.3 is 0 Å². The highest BCUT2D eigenvalue weighted by atomic mass is 79.9.